The molecule has 17 heavy (non-hydrogen) atoms. The molecule has 0 bridgehead atoms. The molecule has 0 aliphatic heterocycles. The number of hydrogen-bond acceptors (Lipinski definition) is 4. The van der Waals surface area contributed by atoms with Crippen molar-refractivity contribution in [2.24, 2.45) is 5.41 Å². The minimum Gasteiger partial charge on any atom is -0.481 e. The molecule has 0 saturated heterocycles. The molecule has 1 aliphatic carbocycles. The van der Waals surface area contributed by atoms with Gasteiger partial charge in [-0.3, -0.25) is 4.79 Å². The van der Waals surface area contributed by atoms with Gasteiger partial charge in [-0.05, 0) is 19.3 Å². The first kappa shape index (κ1) is 11.6. The third kappa shape index (κ3) is 2.61. The summed E-state index contributed by atoms with van der Waals surface area (Å²) >= 11 is 0. The predicted octanol–water partition coefficient (Wildman–Crippen LogP) is 1.67. The third-order valence-corrected chi connectivity index (χ3v) is 2.97. The zero-order valence-electron chi connectivity index (χ0n) is 9.37. The molecule has 1 heterocycles. The molecular weight excluding hydrogens is 220 g/mol. The molecule has 1 aliphatic rings. The molecule has 2 rings (SSSR count). The Labute approximate surface area is 99.2 Å². The van der Waals surface area contributed by atoms with E-state index < -0.39 is 11.4 Å². The van der Waals surface area contributed by atoms with Gasteiger partial charge in [-0.25, -0.2) is 9.97 Å². The first-order valence-electron chi connectivity index (χ1n) is 5.50. The summed E-state index contributed by atoms with van der Waals surface area (Å²) in [5, 5.41) is 9.32. The Hall–Kier alpha value is -1.91. The monoisotopic (exact) mass is 234 g/mol. The summed E-state index contributed by atoms with van der Waals surface area (Å²) < 4.78 is 5.44. The number of carboxylic acid groups (broad SMARTS) is 1. The smallest absolute Gasteiger partial charge is 0.313 e. The summed E-state index contributed by atoms with van der Waals surface area (Å²) in [6, 6.07) is 1.62. The van der Waals surface area contributed by atoms with Crippen LogP contribution in [0.5, 0.6) is 5.88 Å². The highest BCUT2D eigenvalue weighted by molar-refractivity contribution is 5.75. The van der Waals surface area contributed by atoms with Gasteiger partial charge in [-0.15, -0.1) is 0 Å². The van der Waals surface area contributed by atoms with E-state index in [9.17, 15) is 9.90 Å². The number of allylic oxidation sites excluding steroid dienone is 2. The van der Waals surface area contributed by atoms with Gasteiger partial charge >= 0.3 is 5.97 Å². The predicted molar refractivity (Wildman–Crippen MR) is 60.6 cm³/mol. The van der Waals surface area contributed by atoms with Crippen molar-refractivity contribution in [1.29, 1.82) is 0 Å². The quantitative estimate of drug-likeness (QED) is 0.802. The molecule has 1 N–H and O–H groups in total. The average molecular weight is 234 g/mol. The van der Waals surface area contributed by atoms with Crippen LogP contribution < -0.4 is 4.74 Å². The molecule has 5 heteroatoms. The lowest BCUT2D eigenvalue weighted by Gasteiger charge is -2.29. The zero-order valence-corrected chi connectivity index (χ0v) is 9.37. The number of rotatable bonds is 4. The second kappa shape index (κ2) is 4.95. The van der Waals surface area contributed by atoms with E-state index >= 15 is 0 Å². The molecule has 5 nitrogen and oxygen atoms in total. The van der Waals surface area contributed by atoms with E-state index in [0.717, 1.165) is 6.42 Å². The Morgan fingerprint density at radius 2 is 2.41 bits per heavy atom. The minimum absolute atomic E-state index is 0.143. The summed E-state index contributed by atoms with van der Waals surface area (Å²) in [4.78, 5) is 19.0. The number of carbonyl (C=O) groups is 1. The largest absolute Gasteiger partial charge is 0.481 e. The fourth-order valence-corrected chi connectivity index (χ4v) is 1.85. The maximum Gasteiger partial charge on any atom is 0.313 e. The third-order valence-electron chi connectivity index (χ3n) is 2.97. The molecule has 0 aromatic carbocycles. The Kier molecular flexibility index (Phi) is 3.37. The molecule has 0 spiro atoms. The van der Waals surface area contributed by atoms with Crippen molar-refractivity contribution < 1.29 is 14.6 Å². The highest BCUT2D eigenvalue weighted by Gasteiger charge is 2.39. The van der Waals surface area contributed by atoms with E-state index in [4.69, 9.17) is 4.74 Å². The summed E-state index contributed by atoms with van der Waals surface area (Å²) in [5.41, 5.74) is -0.820. The summed E-state index contributed by atoms with van der Waals surface area (Å²) in [6.45, 7) is 0.143. The molecule has 1 aromatic rings. The van der Waals surface area contributed by atoms with E-state index in [1.54, 1.807) is 12.3 Å². The van der Waals surface area contributed by atoms with Crippen molar-refractivity contribution in [2.45, 2.75) is 19.3 Å². The number of aromatic nitrogens is 2. The Bertz CT molecular complexity index is 419. The zero-order chi connectivity index (χ0) is 12.1. The van der Waals surface area contributed by atoms with Crippen LogP contribution in [0.2, 0.25) is 0 Å². The number of hydrogen-bond donors (Lipinski definition) is 1. The SMILES string of the molecule is O=C(O)C1(COc2ccncn2)CC=CCC1. The lowest BCUT2D eigenvalue weighted by molar-refractivity contribution is -0.151. The maximum atomic E-state index is 11.4. The minimum atomic E-state index is -0.820. The lowest BCUT2D eigenvalue weighted by Crippen LogP contribution is -2.38. The van der Waals surface area contributed by atoms with Crippen molar-refractivity contribution in [3.05, 3.63) is 30.7 Å². The van der Waals surface area contributed by atoms with Gasteiger partial charge in [0.1, 0.15) is 18.3 Å². The fraction of sp³-hybridized carbons (Fsp3) is 0.417. The van der Waals surface area contributed by atoms with Crippen molar-refractivity contribution in [2.75, 3.05) is 6.61 Å². The first-order chi connectivity index (χ1) is 8.23. The van der Waals surface area contributed by atoms with E-state index in [1.807, 2.05) is 12.2 Å². The summed E-state index contributed by atoms with van der Waals surface area (Å²) in [5.74, 6) is -0.397. The van der Waals surface area contributed by atoms with Crippen molar-refractivity contribution in [3.63, 3.8) is 0 Å². The van der Waals surface area contributed by atoms with Crippen LogP contribution >= 0.6 is 0 Å². The van der Waals surface area contributed by atoms with Gasteiger partial charge in [-0.1, -0.05) is 12.2 Å². The first-order valence-corrected chi connectivity index (χ1v) is 5.50. The topological polar surface area (TPSA) is 72.3 Å². The number of nitrogens with zero attached hydrogens (tertiary/aromatic N) is 2. The number of carboxylic acids is 1. The van der Waals surface area contributed by atoms with Gasteiger partial charge < -0.3 is 9.84 Å². The second-order valence-electron chi connectivity index (χ2n) is 4.14. The highest BCUT2D eigenvalue weighted by Crippen LogP contribution is 2.33. The summed E-state index contributed by atoms with van der Waals surface area (Å²) in [7, 11) is 0. The Balaban J connectivity index is 2.04. The maximum absolute atomic E-state index is 11.4. The van der Waals surface area contributed by atoms with E-state index in [0.29, 0.717) is 18.7 Å². The average Bonchev–Trinajstić information content (AvgIpc) is 2.38. The summed E-state index contributed by atoms with van der Waals surface area (Å²) in [6.07, 6.45) is 8.74. The van der Waals surface area contributed by atoms with Gasteiger partial charge in [0.2, 0.25) is 5.88 Å². The van der Waals surface area contributed by atoms with E-state index in [-0.39, 0.29) is 6.61 Å². The molecule has 1 atom stereocenters. The van der Waals surface area contributed by atoms with E-state index in [2.05, 4.69) is 9.97 Å². The highest BCUT2D eigenvalue weighted by atomic mass is 16.5. The van der Waals surface area contributed by atoms with Crippen molar-refractivity contribution >= 4 is 5.97 Å². The van der Waals surface area contributed by atoms with Crippen molar-refractivity contribution in [1.82, 2.24) is 9.97 Å². The van der Waals surface area contributed by atoms with Crippen LogP contribution in [0.3, 0.4) is 0 Å². The molecular formula is C12H14N2O3. The van der Waals surface area contributed by atoms with Gasteiger partial charge in [-0.2, -0.15) is 0 Å². The molecule has 1 unspecified atom stereocenters. The lowest BCUT2D eigenvalue weighted by atomic mass is 9.78. The van der Waals surface area contributed by atoms with Crippen LogP contribution in [0.15, 0.2) is 30.7 Å². The molecule has 90 valence electrons. The normalized spacial score (nSPS) is 23.3. The number of aliphatic carboxylic acids is 1. The fourth-order valence-electron chi connectivity index (χ4n) is 1.85. The molecule has 1 aromatic heterocycles. The van der Waals surface area contributed by atoms with Gasteiger partial charge in [0.15, 0.2) is 0 Å². The van der Waals surface area contributed by atoms with E-state index in [1.165, 1.54) is 6.33 Å². The van der Waals surface area contributed by atoms with Gasteiger partial charge in [0, 0.05) is 12.3 Å². The van der Waals surface area contributed by atoms with Crippen LogP contribution in [0, 0.1) is 5.41 Å². The Morgan fingerprint density at radius 1 is 1.53 bits per heavy atom. The standard InChI is InChI=1S/C12H14N2O3/c15-11(16)12(5-2-1-3-6-12)8-17-10-4-7-13-9-14-10/h1-2,4,7,9H,3,5-6,8H2,(H,15,16). The molecule has 0 amide bonds. The van der Waals surface area contributed by atoms with Crippen LogP contribution in [-0.4, -0.2) is 27.7 Å². The van der Waals surface area contributed by atoms with Crippen LogP contribution in [-0.2, 0) is 4.79 Å². The number of ether oxygens (including phenoxy) is 1. The van der Waals surface area contributed by atoms with Crippen LogP contribution in [0.4, 0.5) is 0 Å². The molecule has 0 fully saturated rings. The van der Waals surface area contributed by atoms with Crippen molar-refractivity contribution in [3.8, 4) is 5.88 Å². The van der Waals surface area contributed by atoms with Crippen LogP contribution in [0.25, 0.3) is 0 Å². The Morgan fingerprint density at radius 3 is 3.00 bits per heavy atom. The second-order valence-corrected chi connectivity index (χ2v) is 4.14. The molecule has 0 saturated carbocycles. The molecule has 0 radical (unpaired) electrons. The van der Waals surface area contributed by atoms with Crippen LogP contribution in [0.1, 0.15) is 19.3 Å². The van der Waals surface area contributed by atoms with Gasteiger partial charge in [0.25, 0.3) is 0 Å². The van der Waals surface area contributed by atoms with Gasteiger partial charge in [0.05, 0.1) is 0 Å².